The lowest BCUT2D eigenvalue weighted by atomic mass is 10.1. The van der Waals surface area contributed by atoms with E-state index in [1.807, 2.05) is 0 Å². The molecule has 0 unspecified atom stereocenters. The first-order valence-electron chi connectivity index (χ1n) is 20.0. The van der Waals surface area contributed by atoms with Crippen molar-refractivity contribution in [2.45, 2.75) is 14.7 Å². The number of nitrogens with two attached hydrogens (primary N) is 4. The normalized spacial score (nSPS) is 12.6. The van der Waals surface area contributed by atoms with E-state index < -0.39 is 67.9 Å². The van der Waals surface area contributed by atoms with Crippen LogP contribution in [0.2, 0.25) is 0 Å². The highest BCUT2D eigenvalue weighted by Crippen LogP contribution is 2.45. The Bertz CT molecular complexity index is 3970. The van der Waals surface area contributed by atoms with Crippen molar-refractivity contribution in [2.24, 2.45) is 40.9 Å². The standard InChI is InChI=1S/C44H35N13O11S3/c45-24-3-12-35(33(47)17-24)54-51-28-5-1-22-15-39(70(63,64)65)41(43(58)31(22)19-28)56-50-27-9-7-26(8-10-27)49-37-14-11-30(21-38(37)69(60,61)62)53-57-42-40(71(66,67)68)16-23-2-6-29(20-32(23)44(42)59)52-55-36-13-4-25(46)18-34(36)48/h1-21,49,58-59H,45-48H2,(H,60,61,62)(H,63,64,65)(H,66,67,68)/b54-51-,55-52-,56-50-,57-53-. The van der Waals surface area contributed by atoms with Gasteiger partial charge in [-0.15, -0.1) is 20.5 Å². The molecule has 0 heterocycles. The summed E-state index contributed by atoms with van der Waals surface area (Å²) in [7, 11) is -15.0. The highest BCUT2D eigenvalue weighted by molar-refractivity contribution is 7.86. The lowest BCUT2D eigenvalue weighted by Gasteiger charge is -2.12. The first-order valence-corrected chi connectivity index (χ1v) is 24.3. The molecule has 0 amide bonds. The van der Waals surface area contributed by atoms with Crippen molar-refractivity contribution >= 4 is 132 Å². The summed E-state index contributed by atoms with van der Waals surface area (Å²) >= 11 is 0. The molecule has 71 heavy (non-hydrogen) atoms. The number of aromatic hydroxyl groups is 2. The van der Waals surface area contributed by atoms with Gasteiger partial charge in [-0.25, -0.2) is 0 Å². The fraction of sp³-hybridized carbons (Fsp3) is 0. The number of nitrogens with one attached hydrogen (secondary N) is 1. The summed E-state index contributed by atoms with van der Waals surface area (Å²) in [5.41, 5.74) is 24.3. The van der Waals surface area contributed by atoms with E-state index in [0.29, 0.717) is 22.7 Å². The number of hydrogen-bond donors (Lipinski definition) is 10. The van der Waals surface area contributed by atoms with Crippen LogP contribution >= 0.6 is 0 Å². The Hall–Kier alpha value is -8.99. The lowest BCUT2D eigenvalue weighted by molar-refractivity contribution is 0.471. The molecule has 0 aromatic heterocycles. The van der Waals surface area contributed by atoms with E-state index in [-0.39, 0.29) is 67.0 Å². The van der Waals surface area contributed by atoms with Gasteiger partial charge in [0.15, 0.2) is 11.5 Å². The third-order valence-electron chi connectivity index (χ3n) is 10.2. The van der Waals surface area contributed by atoms with Crippen molar-refractivity contribution in [3.05, 3.63) is 127 Å². The fourth-order valence-electron chi connectivity index (χ4n) is 6.79. The van der Waals surface area contributed by atoms with Crippen LogP contribution < -0.4 is 28.3 Å². The molecule has 24 nitrogen and oxygen atoms in total. The second-order valence-electron chi connectivity index (χ2n) is 15.2. The van der Waals surface area contributed by atoms with Crippen molar-refractivity contribution in [3.8, 4) is 11.5 Å². The van der Waals surface area contributed by atoms with Gasteiger partial charge in [0, 0.05) is 27.8 Å². The monoisotopic (exact) mass is 1020 g/mol. The molecular formula is C44H35N13O11S3. The van der Waals surface area contributed by atoms with Crippen molar-refractivity contribution in [2.75, 3.05) is 28.3 Å². The van der Waals surface area contributed by atoms with Crippen LogP contribution in [0.1, 0.15) is 0 Å². The summed E-state index contributed by atoms with van der Waals surface area (Å²) in [6.07, 6.45) is 0. The Morgan fingerprint density at radius 3 is 1.23 bits per heavy atom. The number of anilines is 6. The van der Waals surface area contributed by atoms with Crippen LogP contribution in [0, 0.1) is 0 Å². The second-order valence-corrected chi connectivity index (χ2v) is 19.3. The van der Waals surface area contributed by atoms with Crippen molar-refractivity contribution in [1.29, 1.82) is 0 Å². The highest BCUT2D eigenvalue weighted by atomic mass is 32.2. The molecular weight excluding hydrogens is 983 g/mol. The maximum Gasteiger partial charge on any atom is 0.296 e. The minimum atomic E-state index is -5.04. The average Bonchev–Trinajstić information content (AvgIpc) is 3.30. The summed E-state index contributed by atoms with van der Waals surface area (Å²) in [6, 6.07) is 28.8. The first kappa shape index (κ1) is 48.5. The maximum atomic E-state index is 12.6. The molecule has 0 atom stereocenters. The molecule has 0 spiro atoms. The Balaban J connectivity index is 1.05. The largest absolute Gasteiger partial charge is 0.505 e. The molecule has 360 valence electrons. The zero-order valence-corrected chi connectivity index (χ0v) is 38.4. The average molecular weight is 1020 g/mol. The van der Waals surface area contributed by atoms with Crippen LogP contribution in [0.5, 0.6) is 11.5 Å². The number of benzene rings is 8. The predicted octanol–water partition coefficient (Wildman–Crippen LogP) is 10.9. The topological polar surface area (TPSA) is 419 Å². The van der Waals surface area contributed by atoms with Gasteiger partial charge in [0.1, 0.15) is 37.4 Å². The van der Waals surface area contributed by atoms with Gasteiger partial charge in [0.25, 0.3) is 30.4 Å². The molecule has 8 aromatic carbocycles. The summed E-state index contributed by atoms with van der Waals surface area (Å²) in [6.45, 7) is 0. The smallest absolute Gasteiger partial charge is 0.296 e. The Morgan fingerprint density at radius 2 is 0.789 bits per heavy atom. The van der Waals surface area contributed by atoms with Crippen LogP contribution in [0.25, 0.3) is 21.5 Å². The molecule has 8 rings (SSSR count). The maximum absolute atomic E-state index is 12.6. The van der Waals surface area contributed by atoms with Gasteiger partial charge in [-0.2, -0.15) is 45.7 Å². The Kier molecular flexibility index (Phi) is 12.9. The third kappa shape index (κ3) is 10.8. The molecule has 0 saturated heterocycles. The minimum absolute atomic E-state index is 0.0185. The summed E-state index contributed by atoms with van der Waals surface area (Å²) < 4.78 is 105. The van der Waals surface area contributed by atoms with Gasteiger partial charge in [-0.3, -0.25) is 13.7 Å². The van der Waals surface area contributed by atoms with E-state index in [9.17, 15) is 49.1 Å². The van der Waals surface area contributed by atoms with Crippen LogP contribution in [-0.2, 0) is 30.4 Å². The number of phenolic OH excluding ortho intramolecular Hbond substituents is 2. The van der Waals surface area contributed by atoms with Gasteiger partial charge in [0.05, 0.1) is 39.8 Å². The molecule has 0 bridgehead atoms. The molecule has 0 aliphatic carbocycles. The minimum Gasteiger partial charge on any atom is -0.505 e. The van der Waals surface area contributed by atoms with Crippen LogP contribution in [-0.4, -0.2) is 49.1 Å². The first-order chi connectivity index (χ1) is 33.5. The molecule has 0 saturated carbocycles. The van der Waals surface area contributed by atoms with Gasteiger partial charge in [0.2, 0.25) is 0 Å². The number of nitrogens with zero attached hydrogens (tertiary/aromatic N) is 8. The van der Waals surface area contributed by atoms with Crippen molar-refractivity contribution in [3.63, 3.8) is 0 Å². The van der Waals surface area contributed by atoms with E-state index in [0.717, 1.165) is 18.2 Å². The summed E-state index contributed by atoms with van der Waals surface area (Å²) in [5.74, 6) is -1.41. The fourth-order valence-corrected chi connectivity index (χ4v) is 8.77. The van der Waals surface area contributed by atoms with Crippen LogP contribution in [0.4, 0.5) is 79.6 Å². The zero-order valence-electron chi connectivity index (χ0n) is 35.9. The molecule has 0 radical (unpaired) electrons. The van der Waals surface area contributed by atoms with Crippen LogP contribution in [0.3, 0.4) is 0 Å². The lowest BCUT2D eigenvalue weighted by Crippen LogP contribution is -2.03. The van der Waals surface area contributed by atoms with Crippen LogP contribution in [0.15, 0.2) is 183 Å². The van der Waals surface area contributed by atoms with Gasteiger partial charge in [-0.05, 0) is 126 Å². The van der Waals surface area contributed by atoms with Crippen molar-refractivity contribution < 1.29 is 49.1 Å². The number of fused-ring (bicyclic) bond motifs is 2. The Labute approximate surface area is 401 Å². The predicted molar refractivity (Wildman–Crippen MR) is 264 cm³/mol. The van der Waals surface area contributed by atoms with E-state index in [2.05, 4.69) is 46.2 Å². The quantitative estimate of drug-likeness (QED) is 0.0291. The molecule has 27 heteroatoms. The van der Waals surface area contributed by atoms with E-state index in [1.54, 1.807) is 18.2 Å². The number of nitrogen functional groups attached to an aromatic ring is 4. The second kappa shape index (κ2) is 18.8. The van der Waals surface area contributed by atoms with Crippen molar-refractivity contribution in [1.82, 2.24) is 0 Å². The molecule has 0 fully saturated rings. The molecule has 0 aliphatic heterocycles. The number of azo groups is 4. The Morgan fingerprint density at radius 1 is 0.394 bits per heavy atom. The van der Waals surface area contributed by atoms with Gasteiger partial charge in [-0.1, -0.05) is 12.1 Å². The van der Waals surface area contributed by atoms with E-state index >= 15 is 0 Å². The zero-order chi connectivity index (χ0) is 51.0. The number of rotatable bonds is 13. The van der Waals surface area contributed by atoms with E-state index in [1.165, 1.54) is 91.0 Å². The molecule has 8 aromatic rings. The van der Waals surface area contributed by atoms with E-state index in [4.69, 9.17) is 22.9 Å². The third-order valence-corrected chi connectivity index (χ3v) is 12.8. The SMILES string of the molecule is Nc1ccc(/N=N\c2ccc3cc(S(=O)(=O)O)c(/N=N\c4ccc(Nc5ccc(/N=N\c6c(S(=O)(=O)O)cc7ccc(/N=N\c8ccc(N)cc8N)cc7c6O)cc5S(=O)(=O)O)cc4)c(O)c3c2)c(N)c1. The summed E-state index contributed by atoms with van der Waals surface area (Å²) in [4.78, 5) is -2.30. The van der Waals surface area contributed by atoms with Gasteiger partial charge < -0.3 is 38.5 Å². The highest BCUT2D eigenvalue weighted by Gasteiger charge is 2.24. The summed E-state index contributed by atoms with van der Waals surface area (Å²) in [5, 5.41) is 57.9. The number of phenols is 2. The molecule has 14 N–H and O–H groups in total. The van der Waals surface area contributed by atoms with Gasteiger partial charge >= 0.3 is 0 Å². The number of hydrogen-bond acceptors (Lipinski definition) is 21. The molecule has 0 aliphatic rings.